The summed E-state index contributed by atoms with van der Waals surface area (Å²) in [6.07, 6.45) is 6.63. The molecule has 27 heavy (non-hydrogen) atoms. The number of esters is 1. The average molecular weight is 387 g/mol. The van der Waals surface area contributed by atoms with Crippen LogP contribution < -0.4 is 5.32 Å². The molecule has 0 atom stereocenters. The van der Waals surface area contributed by atoms with Gasteiger partial charge in [0, 0.05) is 11.0 Å². The summed E-state index contributed by atoms with van der Waals surface area (Å²) in [5.41, 5.74) is 2.22. The number of rotatable bonds is 5. The number of thiophene rings is 1. The first-order valence-corrected chi connectivity index (χ1v) is 9.86. The van der Waals surface area contributed by atoms with Gasteiger partial charge in [-0.25, -0.2) is 9.18 Å². The number of fused-ring (bicyclic) bond motifs is 1. The summed E-state index contributed by atoms with van der Waals surface area (Å²) >= 11 is 1.45. The molecule has 1 aromatic carbocycles. The van der Waals surface area contributed by atoms with Crippen LogP contribution in [0.1, 0.15) is 53.1 Å². The molecule has 0 aliphatic heterocycles. The molecular formula is C21H22FNO3S. The Kier molecular flexibility index (Phi) is 6.06. The second kappa shape index (κ2) is 8.48. The molecule has 0 saturated heterocycles. The van der Waals surface area contributed by atoms with Crippen molar-refractivity contribution in [2.45, 2.75) is 45.6 Å². The fourth-order valence-corrected chi connectivity index (χ4v) is 4.32. The molecular weight excluding hydrogens is 365 g/mol. The quantitative estimate of drug-likeness (QED) is 0.581. The molecule has 1 amide bonds. The zero-order valence-corrected chi connectivity index (χ0v) is 16.2. The maximum absolute atomic E-state index is 13.0. The maximum atomic E-state index is 13.0. The Morgan fingerprint density at radius 1 is 1.19 bits per heavy atom. The van der Waals surface area contributed by atoms with E-state index in [4.69, 9.17) is 4.74 Å². The molecule has 1 N–H and O–H groups in total. The Morgan fingerprint density at radius 3 is 2.59 bits per heavy atom. The molecule has 2 aromatic rings. The van der Waals surface area contributed by atoms with Crippen LogP contribution >= 0.6 is 11.3 Å². The fraction of sp³-hybridized carbons (Fsp3) is 0.333. The van der Waals surface area contributed by atoms with E-state index >= 15 is 0 Å². The van der Waals surface area contributed by atoms with Crippen LogP contribution in [-0.2, 0) is 22.4 Å². The van der Waals surface area contributed by atoms with E-state index < -0.39 is 0 Å². The number of anilines is 1. The van der Waals surface area contributed by atoms with E-state index in [1.807, 2.05) is 0 Å². The van der Waals surface area contributed by atoms with Gasteiger partial charge in [-0.3, -0.25) is 4.79 Å². The third kappa shape index (κ3) is 4.83. The summed E-state index contributed by atoms with van der Waals surface area (Å²) in [4.78, 5) is 26.1. The first kappa shape index (κ1) is 19.3. The van der Waals surface area contributed by atoms with Gasteiger partial charge in [0.1, 0.15) is 10.8 Å². The molecule has 3 rings (SSSR count). The van der Waals surface area contributed by atoms with Crippen molar-refractivity contribution >= 4 is 34.3 Å². The van der Waals surface area contributed by atoms with Crippen molar-refractivity contribution < 1.29 is 18.7 Å². The van der Waals surface area contributed by atoms with Crippen LogP contribution in [0.2, 0.25) is 0 Å². The normalized spacial score (nSPS) is 13.6. The summed E-state index contributed by atoms with van der Waals surface area (Å²) < 4.78 is 18.3. The zero-order chi connectivity index (χ0) is 19.4. The number of halogens is 1. The number of hydrogen-bond donors (Lipinski definition) is 1. The molecule has 0 fully saturated rings. The number of hydrogen-bond acceptors (Lipinski definition) is 4. The molecule has 0 bridgehead atoms. The highest BCUT2D eigenvalue weighted by molar-refractivity contribution is 7.17. The molecule has 1 aliphatic carbocycles. The number of carbonyl (C=O) groups is 2. The lowest BCUT2D eigenvalue weighted by atomic mass is 9.95. The SMILES string of the molecule is CC(C)OC(=O)c1c(NC(=O)/C=C/c2ccc(F)cc2)sc2c1CCCC2. The summed E-state index contributed by atoms with van der Waals surface area (Å²) in [7, 11) is 0. The van der Waals surface area contributed by atoms with Crippen molar-refractivity contribution in [3.8, 4) is 0 Å². The number of carbonyl (C=O) groups excluding carboxylic acids is 2. The predicted molar refractivity (Wildman–Crippen MR) is 106 cm³/mol. The third-order valence-corrected chi connectivity index (χ3v) is 5.46. The van der Waals surface area contributed by atoms with Gasteiger partial charge in [-0.1, -0.05) is 12.1 Å². The molecule has 1 aliphatic rings. The highest BCUT2D eigenvalue weighted by Crippen LogP contribution is 2.38. The molecule has 1 heterocycles. The van der Waals surface area contributed by atoms with Crippen LogP contribution in [0.3, 0.4) is 0 Å². The van der Waals surface area contributed by atoms with Crippen molar-refractivity contribution in [2.75, 3.05) is 5.32 Å². The smallest absolute Gasteiger partial charge is 0.341 e. The van der Waals surface area contributed by atoms with Crippen LogP contribution in [-0.4, -0.2) is 18.0 Å². The Hall–Kier alpha value is -2.47. The second-order valence-electron chi connectivity index (χ2n) is 6.74. The lowest BCUT2D eigenvalue weighted by molar-refractivity contribution is -0.111. The molecule has 0 saturated carbocycles. The average Bonchev–Trinajstić information content (AvgIpc) is 2.98. The highest BCUT2D eigenvalue weighted by Gasteiger charge is 2.27. The minimum atomic E-state index is -0.387. The Labute approximate surface area is 162 Å². The third-order valence-electron chi connectivity index (χ3n) is 4.25. The number of benzene rings is 1. The number of amides is 1. The van der Waals surface area contributed by atoms with E-state index in [-0.39, 0.29) is 23.8 Å². The van der Waals surface area contributed by atoms with Gasteiger partial charge in [-0.05, 0) is 68.9 Å². The molecule has 6 heteroatoms. The summed E-state index contributed by atoms with van der Waals surface area (Å²) in [6.45, 7) is 3.61. The molecule has 0 unspecified atom stereocenters. The number of aryl methyl sites for hydroxylation is 1. The lowest BCUT2D eigenvalue weighted by Crippen LogP contribution is -2.17. The monoisotopic (exact) mass is 387 g/mol. The molecule has 142 valence electrons. The Morgan fingerprint density at radius 2 is 1.89 bits per heavy atom. The van der Waals surface area contributed by atoms with Crippen LogP contribution in [0.5, 0.6) is 0 Å². The van der Waals surface area contributed by atoms with Crippen LogP contribution in [0.25, 0.3) is 6.08 Å². The van der Waals surface area contributed by atoms with Gasteiger partial charge >= 0.3 is 5.97 Å². The zero-order valence-electron chi connectivity index (χ0n) is 15.4. The van der Waals surface area contributed by atoms with Crippen LogP contribution in [0.15, 0.2) is 30.3 Å². The van der Waals surface area contributed by atoms with Crippen LogP contribution in [0.4, 0.5) is 9.39 Å². The van der Waals surface area contributed by atoms with E-state index in [0.717, 1.165) is 41.7 Å². The van der Waals surface area contributed by atoms with Gasteiger partial charge in [-0.2, -0.15) is 0 Å². The van der Waals surface area contributed by atoms with E-state index in [1.165, 1.54) is 29.5 Å². The standard InChI is InChI=1S/C21H22FNO3S/c1-13(2)26-21(25)19-16-5-3-4-6-17(16)27-20(19)23-18(24)12-9-14-7-10-15(22)11-8-14/h7-13H,3-6H2,1-2H3,(H,23,24)/b12-9+. The first-order chi connectivity index (χ1) is 12.9. The van der Waals surface area contributed by atoms with Gasteiger partial charge < -0.3 is 10.1 Å². The summed E-state index contributed by atoms with van der Waals surface area (Å²) in [5, 5.41) is 3.36. The lowest BCUT2D eigenvalue weighted by Gasteiger charge is -2.14. The maximum Gasteiger partial charge on any atom is 0.341 e. The van der Waals surface area contributed by atoms with Crippen molar-refractivity contribution in [3.05, 3.63) is 57.7 Å². The first-order valence-electron chi connectivity index (χ1n) is 9.04. The van der Waals surface area contributed by atoms with Gasteiger partial charge in [0.05, 0.1) is 11.7 Å². The van der Waals surface area contributed by atoms with Crippen molar-refractivity contribution in [1.82, 2.24) is 0 Å². The second-order valence-corrected chi connectivity index (χ2v) is 7.85. The Balaban J connectivity index is 1.80. The number of ether oxygens (including phenoxy) is 1. The Bertz CT molecular complexity index is 868. The van der Waals surface area contributed by atoms with Gasteiger partial charge in [0.25, 0.3) is 0 Å². The van der Waals surface area contributed by atoms with Gasteiger partial charge in [-0.15, -0.1) is 11.3 Å². The summed E-state index contributed by atoms with van der Waals surface area (Å²) in [6, 6.07) is 5.86. The fourth-order valence-electron chi connectivity index (χ4n) is 3.04. The van der Waals surface area contributed by atoms with E-state index in [2.05, 4.69) is 5.32 Å². The van der Waals surface area contributed by atoms with Crippen molar-refractivity contribution in [1.29, 1.82) is 0 Å². The highest BCUT2D eigenvalue weighted by atomic mass is 32.1. The van der Waals surface area contributed by atoms with E-state index in [1.54, 1.807) is 32.1 Å². The number of nitrogens with one attached hydrogen (secondary N) is 1. The summed E-state index contributed by atoms with van der Waals surface area (Å²) in [5.74, 6) is -1.05. The van der Waals surface area contributed by atoms with Crippen LogP contribution in [0, 0.1) is 5.82 Å². The van der Waals surface area contributed by atoms with Gasteiger partial charge in [0.2, 0.25) is 5.91 Å². The van der Waals surface area contributed by atoms with Gasteiger partial charge in [0.15, 0.2) is 0 Å². The molecule has 4 nitrogen and oxygen atoms in total. The molecule has 0 radical (unpaired) electrons. The topological polar surface area (TPSA) is 55.4 Å². The predicted octanol–water partition coefficient (Wildman–Crippen LogP) is 4.98. The largest absolute Gasteiger partial charge is 0.459 e. The van der Waals surface area contributed by atoms with E-state index in [9.17, 15) is 14.0 Å². The minimum absolute atomic E-state index is 0.224. The molecule has 0 spiro atoms. The molecule has 1 aromatic heterocycles. The minimum Gasteiger partial charge on any atom is -0.459 e. The van der Waals surface area contributed by atoms with Crippen molar-refractivity contribution in [2.24, 2.45) is 0 Å². The van der Waals surface area contributed by atoms with E-state index in [0.29, 0.717) is 10.6 Å². The van der Waals surface area contributed by atoms with Crippen molar-refractivity contribution in [3.63, 3.8) is 0 Å².